The molecule has 0 atom stereocenters. The maximum atomic E-state index is 12.9. The monoisotopic (exact) mass is 176 g/mol. The minimum atomic E-state index is -0.682. The predicted octanol–water partition coefficient (Wildman–Crippen LogP) is 1.58. The molecule has 0 aromatic heterocycles. The van der Waals surface area contributed by atoms with E-state index in [1.807, 2.05) is 0 Å². The van der Waals surface area contributed by atoms with E-state index in [0.717, 1.165) is 12.1 Å². The third-order valence-corrected chi connectivity index (χ3v) is 1.53. The second kappa shape index (κ2) is 3.55. The van der Waals surface area contributed by atoms with E-state index >= 15 is 0 Å². The molecular formula is C9H5FN2O. The zero-order valence-electron chi connectivity index (χ0n) is 6.84. The Morgan fingerprint density at radius 1 is 1.23 bits per heavy atom. The summed E-state index contributed by atoms with van der Waals surface area (Å²) in [6.45, 7) is 0. The minimum absolute atomic E-state index is 0.138. The van der Waals surface area contributed by atoms with Crippen LogP contribution in [0.1, 0.15) is 11.1 Å². The van der Waals surface area contributed by atoms with Crippen molar-refractivity contribution in [2.45, 2.75) is 0 Å². The lowest BCUT2D eigenvalue weighted by Gasteiger charge is -2.02. The molecule has 0 spiro atoms. The second-order valence-electron chi connectivity index (χ2n) is 2.26. The van der Waals surface area contributed by atoms with Gasteiger partial charge < -0.3 is 4.74 Å². The molecule has 4 heteroatoms. The van der Waals surface area contributed by atoms with Gasteiger partial charge in [0.25, 0.3) is 0 Å². The summed E-state index contributed by atoms with van der Waals surface area (Å²) in [5.74, 6) is -0.544. The van der Waals surface area contributed by atoms with Gasteiger partial charge in [0.05, 0.1) is 18.2 Å². The van der Waals surface area contributed by atoms with Crippen LogP contribution in [0.3, 0.4) is 0 Å². The van der Waals surface area contributed by atoms with Crippen LogP contribution in [-0.4, -0.2) is 7.11 Å². The van der Waals surface area contributed by atoms with Crippen LogP contribution in [0.15, 0.2) is 12.1 Å². The molecule has 0 saturated heterocycles. The normalized spacial score (nSPS) is 8.62. The third-order valence-electron chi connectivity index (χ3n) is 1.53. The van der Waals surface area contributed by atoms with E-state index in [4.69, 9.17) is 15.3 Å². The molecule has 0 N–H and O–H groups in total. The van der Waals surface area contributed by atoms with Crippen molar-refractivity contribution in [1.29, 1.82) is 10.5 Å². The van der Waals surface area contributed by atoms with Crippen LogP contribution in [0.2, 0.25) is 0 Å². The average molecular weight is 176 g/mol. The van der Waals surface area contributed by atoms with Crippen LogP contribution in [-0.2, 0) is 0 Å². The summed E-state index contributed by atoms with van der Waals surface area (Å²) < 4.78 is 17.7. The Labute approximate surface area is 74.6 Å². The zero-order chi connectivity index (χ0) is 9.84. The van der Waals surface area contributed by atoms with E-state index in [-0.39, 0.29) is 16.9 Å². The van der Waals surface area contributed by atoms with Crippen LogP contribution in [0.4, 0.5) is 4.39 Å². The first-order valence-electron chi connectivity index (χ1n) is 3.40. The molecule has 13 heavy (non-hydrogen) atoms. The summed E-state index contributed by atoms with van der Waals surface area (Å²) >= 11 is 0. The summed E-state index contributed by atoms with van der Waals surface area (Å²) in [5.41, 5.74) is -0.00204. The molecule has 0 fully saturated rings. The lowest BCUT2D eigenvalue weighted by atomic mass is 10.1. The van der Waals surface area contributed by atoms with Crippen LogP contribution in [0, 0.1) is 28.5 Å². The summed E-state index contributed by atoms with van der Waals surface area (Å²) in [4.78, 5) is 0. The molecule has 1 aromatic rings. The minimum Gasteiger partial charge on any atom is -0.495 e. The molecule has 1 rings (SSSR count). The summed E-state index contributed by atoms with van der Waals surface area (Å²) in [6.07, 6.45) is 0. The van der Waals surface area contributed by atoms with Crippen LogP contribution >= 0.6 is 0 Å². The first-order valence-corrected chi connectivity index (χ1v) is 3.40. The zero-order valence-corrected chi connectivity index (χ0v) is 6.84. The highest BCUT2D eigenvalue weighted by Gasteiger charge is 2.09. The first-order chi connectivity index (χ1) is 6.22. The highest BCUT2D eigenvalue weighted by Crippen LogP contribution is 2.21. The van der Waals surface area contributed by atoms with Crippen molar-refractivity contribution < 1.29 is 9.13 Å². The third kappa shape index (κ3) is 1.57. The van der Waals surface area contributed by atoms with Gasteiger partial charge in [-0.25, -0.2) is 4.39 Å². The summed E-state index contributed by atoms with van der Waals surface area (Å²) in [5, 5.41) is 17.1. The van der Waals surface area contributed by atoms with Crippen molar-refractivity contribution in [3.63, 3.8) is 0 Å². The Bertz CT molecular complexity index is 415. The highest BCUT2D eigenvalue weighted by molar-refractivity contribution is 5.49. The van der Waals surface area contributed by atoms with Crippen molar-refractivity contribution in [2.24, 2.45) is 0 Å². The Hall–Kier alpha value is -2.07. The van der Waals surface area contributed by atoms with E-state index in [1.165, 1.54) is 7.11 Å². The number of nitrogens with zero attached hydrogens (tertiary/aromatic N) is 2. The van der Waals surface area contributed by atoms with Gasteiger partial charge in [0.1, 0.15) is 23.7 Å². The standard InChI is InChI=1S/C9H5FN2O/c1-13-9-3-8(10)6(4-11)2-7(9)5-12/h2-3H,1H3. The molecule has 0 amide bonds. The van der Waals surface area contributed by atoms with Crippen molar-refractivity contribution in [3.8, 4) is 17.9 Å². The van der Waals surface area contributed by atoms with Crippen molar-refractivity contribution >= 4 is 0 Å². The smallest absolute Gasteiger partial charge is 0.144 e. The maximum Gasteiger partial charge on any atom is 0.144 e. The topological polar surface area (TPSA) is 56.8 Å². The van der Waals surface area contributed by atoms with E-state index in [9.17, 15) is 4.39 Å². The van der Waals surface area contributed by atoms with Crippen LogP contribution in [0.5, 0.6) is 5.75 Å². The average Bonchev–Trinajstić information content (AvgIpc) is 2.17. The number of methoxy groups -OCH3 is 1. The Morgan fingerprint density at radius 2 is 1.85 bits per heavy atom. The largest absolute Gasteiger partial charge is 0.495 e. The summed E-state index contributed by atoms with van der Waals surface area (Å²) in [6, 6.07) is 5.63. The van der Waals surface area contributed by atoms with Crippen molar-refractivity contribution in [1.82, 2.24) is 0 Å². The van der Waals surface area contributed by atoms with Crippen LogP contribution < -0.4 is 4.74 Å². The molecule has 1 aromatic carbocycles. The number of hydrogen-bond acceptors (Lipinski definition) is 3. The van der Waals surface area contributed by atoms with E-state index in [2.05, 4.69) is 0 Å². The Kier molecular flexibility index (Phi) is 2.47. The molecule has 0 aliphatic rings. The number of rotatable bonds is 1. The van der Waals surface area contributed by atoms with Gasteiger partial charge in [-0.15, -0.1) is 0 Å². The number of benzene rings is 1. The molecule has 0 bridgehead atoms. The molecule has 0 radical (unpaired) electrons. The number of ether oxygens (including phenoxy) is 1. The molecule has 0 saturated carbocycles. The predicted molar refractivity (Wildman–Crippen MR) is 42.4 cm³/mol. The maximum absolute atomic E-state index is 12.9. The van der Waals surface area contributed by atoms with Gasteiger partial charge in [0, 0.05) is 6.07 Å². The molecule has 0 heterocycles. The Morgan fingerprint density at radius 3 is 2.31 bits per heavy atom. The van der Waals surface area contributed by atoms with Gasteiger partial charge in [-0.2, -0.15) is 10.5 Å². The van der Waals surface area contributed by atoms with Crippen molar-refractivity contribution in [2.75, 3.05) is 7.11 Å². The second-order valence-corrected chi connectivity index (χ2v) is 2.26. The van der Waals surface area contributed by atoms with Crippen molar-refractivity contribution in [3.05, 3.63) is 29.1 Å². The lowest BCUT2D eigenvalue weighted by molar-refractivity contribution is 0.410. The van der Waals surface area contributed by atoms with E-state index in [0.29, 0.717) is 0 Å². The fourth-order valence-corrected chi connectivity index (χ4v) is 0.897. The molecule has 0 aliphatic heterocycles. The van der Waals surface area contributed by atoms with E-state index < -0.39 is 5.82 Å². The van der Waals surface area contributed by atoms with Gasteiger partial charge in [0.15, 0.2) is 0 Å². The van der Waals surface area contributed by atoms with Gasteiger partial charge in [0.2, 0.25) is 0 Å². The van der Waals surface area contributed by atoms with Gasteiger partial charge in [-0.3, -0.25) is 0 Å². The fourth-order valence-electron chi connectivity index (χ4n) is 0.897. The molecule has 0 unspecified atom stereocenters. The molecule has 0 aliphatic carbocycles. The SMILES string of the molecule is COc1cc(F)c(C#N)cc1C#N. The first kappa shape index (κ1) is 9.02. The number of nitriles is 2. The fraction of sp³-hybridized carbons (Fsp3) is 0.111. The van der Waals surface area contributed by atoms with Gasteiger partial charge in [-0.1, -0.05) is 0 Å². The van der Waals surface area contributed by atoms with Crippen LogP contribution in [0.25, 0.3) is 0 Å². The number of hydrogen-bond donors (Lipinski definition) is 0. The Balaban J connectivity index is 3.39. The van der Waals surface area contributed by atoms with E-state index in [1.54, 1.807) is 12.1 Å². The summed E-state index contributed by atoms with van der Waals surface area (Å²) in [7, 11) is 1.33. The highest BCUT2D eigenvalue weighted by atomic mass is 19.1. The van der Waals surface area contributed by atoms with Gasteiger partial charge >= 0.3 is 0 Å². The number of halogens is 1. The lowest BCUT2D eigenvalue weighted by Crippen LogP contribution is -1.92. The van der Waals surface area contributed by atoms with Gasteiger partial charge in [-0.05, 0) is 6.07 Å². The molecule has 64 valence electrons. The molecular weight excluding hydrogens is 171 g/mol. The quantitative estimate of drug-likeness (QED) is 0.652. The molecule has 3 nitrogen and oxygen atoms in total.